The number of hydrogen-bond acceptors (Lipinski definition) is 4. The number of hydrogen-bond donors (Lipinski definition) is 0. The van der Waals surface area contributed by atoms with E-state index >= 15 is 0 Å². The first-order valence-corrected chi connectivity index (χ1v) is 12.9. The molecule has 0 saturated heterocycles. The van der Waals surface area contributed by atoms with Gasteiger partial charge in [0, 0.05) is 23.5 Å². The Morgan fingerprint density at radius 2 is 1.86 bits per heavy atom. The van der Waals surface area contributed by atoms with Gasteiger partial charge < -0.3 is 14.5 Å². The smallest absolute Gasteiger partial charge is 0.416 e. The molecule has 0 spiro atoms. The summed E-state index contributed by atoms with van der Waals surface area (Å²) in [6.07, 6.45) is -3.86. The van der Waals surface area contributed by atoms with Crippen LogP contribution in [-0.4, -0.2) is 48.4 Å². The van der Waals surface area contributed by atoms with E-state index in [4.69, 9.17) is 4.74 Å². The van der Waals surface area contributed by atoms with Crippen molar-refractivity contribution in [3.05, 3.63) is 87.1 Å². The molecule has 4 rings (SSSR count). The molecule has 2 aromatic carbocycles. The molecule has 0 aliphatic carbocycles. The van der Waals surface area contributed by atoms with Gasteiger partial charge in [0.25, 0.3) is 5.91 Å². The maximum Gasteiger partial charge on any atom is 0.416 e. The quantitative estimate of drug-likeness (QED) is 0.374. The van der Waals surface area contributed by atoms with Gasteiger partial charge >= 0.3 is 6.18 Å². The number of alkyl halides is 3. The second-order valence-electron chi connectivity index (χ2n) is 9.47. The topological polar surface area (TPSA) is 49.9 Å². The number of carbonyl (C=O) groups excluding carboxylic acids is 2. The van der Waals surface area contributed by atoms with Gasteiger partial charge in [0.1, 0.15) is 12.3 Å². The van der Waals surface area contributed by atoms with Crippen molar-refractivity contribution >= 4 is 23.2 Å². The number of benzene rings is 2. The van der Waals surface area contributed by atoms with E-state index in [1.807, 2.05) is 49.6 Å². The van der Waals surface area contributed by atoms with E-state index in [0.717, 1.165) is 23.3 Å². The zero-order valence-corrected chi connectivity index (χ0v) is 21.7. The van der Waals surface area contributed by atoms with Crippen LogP contribution < -0.4 is 4.74 Å². The molecule has 3 aromatic rings. The minimum atomic E-state index is -4.56. The molecular weight excluding hydrogens is 501 g/mol. The van der Waals surface area contributed by atoms with Crippen molar-refractivity contribution in [2.24, 2.45) is 5.92 Å². The Balaban J connectivity index is 1.62. The molecule has 2 amide bonds. The molecule has 2 heterocycles. The summed E-state index contributed by atoms with van der Waals surface area (Å²) >= 11 is 1.65. The number of amides is 2. The minimum absolute atomic E-state index is 0.0183. The second-order valence-corrected chi connectivity index (χ2v) is 10.5. The fourth-order valence-electron chi connectivity index (χ4n) is 4.66. The molecule has 1 aliphatic rings. The third kappa shape index (κ3) is 5.98. The van der Waals surface area contributed by atoms with Crippen LogP contribution in [0.1, 0.15) is 51.8 Å². The Labute approximate surface area is 218 Å². The molecule has 0 fully saturated rings. The van der Waals surface area contributed by atoms with Gasteiger partial charge in [0.15, 0.2) is 0 Å². The molecule has 196 valence electrons. The predicted octanol–water partition coefficient (Wildman–Crippen LogP) is 6.05. The third-order valence-electron chi connectivity index (χ3n) is 6.35. The molecule has 37 heavy (non-hydrogen) atoms. The molecule has 1 aliphatic heterocycles. The van der Waals surface area contributed by atoms with Gasteiger partial charge in [0.05, 0.1) is 18.7 Å². The normalized spacial score (nSPS) is 15.4. The van der Waals surface area contributed by atoms with E-state index in [2.05, 4.69) is 0 Å². The summed E-state index contributed by atoms with van der Waals surface area (Å²) in [4.78, 5) is 31.4. The van der Waals surface area contributed by atoms with Crippen LogP contribution in [0.4, 0.5) is 13.2 Å². The van der Waals surface area contributed by atoms with E-state index in [1.54, 1.807) is 23.3 Å². The van der Waals surface area contributed by atoms with Crippen molar-refractivity contribution in [2.75, 3.05) is 26.7 Å². The highest BCUT2D eigenvalue weighted by molar-refractivity contribution is 7.10. The summed E-state index contributed by atoms with van der Waals surface area (Å²) in [5, 5.41) is 2.01. The van der Waals surface area contributed by atoms with Crippen LogP contribution >= 0.6 is 11.3 Å². The highest BCUT2D eigenvalue weighted by Crippen LogP contribution is 2.38. The van der Waals surface area contributed by atoms with Gasteiger partial charge in [0.2, 0.25) is 5.91 Å². The van der Waals surface area contributed by atoms with Crippen LogP contribution in [0.5, 0.6) is 5.75 Å². The molecule has 5 nitrogen and oxygen atoms in total. The number of fused-ring (bicyclic) bond motifs is 1. The number of thiophene rings is 1. The monoisotopic (exact) mass is 530 g/mol. The molecule has 0 N–H and O–H groups in total. The Morgan fingerprint density at radius 3 is 2.51 bits per heavy atom. The second kappa shape index (κ2) is 11.0. The number of ether oxygens (including phenoxy) is 1. The van der Waals surface area contributed by atoms with Crippen molar-refractivity contribution in [2.45, 2.75) is 32.5 Å². The lowest BCUT2D eigenvalue weighted by Crippen LogP contribution is -2.47. The zero-order valence-electron chi connectivity index (χ0n) is 20.9. The van der Waals surface area contributed by atoms with E-state index in [-0.39, 0.29) is 36.5 Å². The number of methoxy groups -OCH3 is 1. The summed E-state index contributed by atoms with van der Waals surface area (Å²) in [6.45, 7) is 4.30. The molecule has 1 atom stereocenters. The van der Waals surface area contributed by atoms with Gasteiger partial charge in [-0.1, -0.05) is 32.0 Å². The van der Waals surface area contributed by atoms with Crippen LogP contribution in [0.25, 0.3) is 0 Å². The van der Waals surface area contributed by atoms with Crippen molar-refractivity contribution < 1.29 is 27.5 Å². The first-order valence-electron chi connectivity index (χ1n) is 12.0. The van der Waals surface area contributed by atoms with Crippen molar-refractivity contribution in [3.8, 4) is 5.75 Å². The van der Waals surface area contributed by atoms with E-state index in [9.17, 15) is 22.8 Å². The standard InChI is InChI=1S/C28H29F3N2O3S/c1-18(2)16-32(27(35)20-5-4-6-21(15-20)28(29,30)31)17-25(34)33-13-11-24-23(12-14-37-24)26(33)19-7-9-22(36-3)10-8-19/h4-10,12,14-15,18,26H,11,13,16-17H2,1-3H3. The summed E-state index contributed by atoms with van der Waals surface area (Å²) in [7, 11) is 1.59. The van der Waals surface area contributed by atoms with Crippen molar-refractivity contribution in [1.82, 2.24) is 9.80 Å². The average molecular weight is 531 g/mol. The first-order chi connectivity index (χ1) is 17.6. The van der Waals surface area contributed by atoms with Crippen LogP contribution in [0.3, 0.4) is 0 Å². The molecule has 0 radical (unpaired) electrons. The average Bonchev–Trinajstić information content (AvgIpc) is 3.35. The Hall–Kier alpha value is -3.33. The van der Waals surface area contributed by atoms with E-state index < -0.39 is 17.6 Å². The van der Waals surface area contributed by atoms with Gasteiger partial charge in [-0.3, -0.25) is 9.59 Å². The largest absolute Gasteiger partial charge is 0.497 e. The maximum absolute atomic E-state index is 13.7. The summed E-state index contributed by atoms with van der Waals surface area (Å²) in [5.41, 5.74) is 0.992. The molecule has 9 heteroatoms. The lowest BCUT2D eigenvalue weighted by Gasteiger charge is -2.38. The Morgan fingerprint density at radius 1 is 1.14 bits per heavy atom. The van der Waals surface area contributed by atoms with E-state index in [1.165, 1.54) is 21.9 Å². The minimum Gasteiger partial charge on any atom is -0.497 e. The van der Waals surface area contributed by atoms with Crippen LogP contribution in [-0.2, 0) is 17.4 Å². The first kappa shape index (κ1) is 26.7. The zero-order chi connectivity index (χ0) is 26.7. The fourth-order valence-corrected chi connectivity index (χ4v) is 5.56. The molecule has 0 saturated carbocycles. The molecular formula is C28H29F3N2O3S. The van der Waals surface area contributed by atoms with E-state index in [0.29, 0.717) is 18.7 Å². The number of halogens is 3. The molecule has 0 bridgehead atoms. The van der Waals surface area contributed by atoms with Crippen LogP contribution in [0.2, 0.25) is 0 Å². The van der Waals surface area contributed by atoms with Crippen LogP contribution in [0, 0.1) is 5.92 Å². The highest BCUT2D eigenvalue weighted by atomic mass is 32.1. The summed E-state index contributed by atoms with van der Waals surface area (Å²) in [5.74, 6) is -0.122. The predicted molar refractivity (Wildman–Crippen MR) is 137 cm³/mol. The number of carbonyl (C=O) groups is 2. The lowest BCUT2D eigenvalue weighted by molar-refractivity contribution is -0.137. The van der Waals surface area contributed by atoms with Gasteiger partial charge in [-0.25, -0.2) is 0 Å². The Bertz CT molecular complexity index is 1250. The SMILES string of the molecule is COc1ccc(C2c3ccsc3CCN2C(=O)CN(CC(C)C)C(=O)c2cccc(C(F)(F)F)c2)cc1. The van der Waals surface area contributed by atoms with Crippen LogP contribution in [0.15, 0.2) is 60.0 Å². The van der Waals surface area contributed by atoms with Gasteiger partial charge in [-0.2, -0.15) is 13.2 Å². The van der Waals surface area contributed by atoms with Crippen molar-refractivity contribution in [1.29, 1.82) is 0 Å². The molecule has 1 unspecified atom stereocenters. The number of rotatable bonds is 7. The molecule has 1 aromatic heterocycles. The maximum atomic E-state index is 13.7. The van der Waals surface area contributed by atoms with Gasteiger partial charge in [-0.05, 0) is 65.2 Å². The Kier molecular flexibility index (Phi) is 7.92. The lowest BCUT2D eigenvalue weighted by atomic mass is 9.93. The summed E-state index contributed by atoms with van der Waals surface area (Å²) in [6, 6.07) is 13.6. The van der Waals surface area contributed by atoms with Gasteiger partial charge in [-0.15, -0.1) is 11.3 Å². The number of nitrogens with zero attached hydrogens (tertiary/aromatic N) is 2. The van der Waals surface area contributed by atoms with Crippen molar-refractivity contribution in [3.63, 3.8) is 0 Å². The summed E-state index contributed by atoms with van der Waals surface area (Å²) < 4.78 is 45.0. The fraction of sp³-hybridized carbons (Fsp3) is 0.357. The highest BCUT2D eigenvalue weighted by Gasteiger charge is 2.35. The third-order valence-corrected chi connectivity index (χ3v) is 7.35.